The molecule has 1 fully saturated rings. The van der Waals surface area contributed by atoms with Gasteiger partial charge in [0.05, 0.1) is 11.1 Å². The van der Waals surface area contributed by atoms with Crippen molar-refractivity contribution in [3.63, 3.8) is 0 Å². The zero-order valence-electron chi connectivity index (χ0n) is 8.37. The minimum Gasteiger partial charge on any atom is -0.198 e. The molecule has 0 radical (unpaired) electrons. The van der Waals surface area contributed by atoms with Gasteiger partial charge in [-0.3, -0.25) is 0 Å². The molecule has 0 atom stereocenters. The van der Waals surface area contributed by atoms with Gasteiger partial charge in [0.15, 0.2) is 0 Å². The van der Waals surface area contributed by atoms with Crippen molar-refractivity contribution in [3.8, 4) is 6.07 Å². The molecule has 0 heterocycles. The Labute approximate surface area is 99.4 Å². The normalized spacial score (nSPS) is 17.1. The summed E-state index contributed by atoms with van der Waals surface area (Å²) in [4.78, 5) is 1.13. The molecule has 0 N–H and O–H groups in total. The second kappa shape index (κ2) is 4.47. The molecular formula is C12H12ClNS. The molecular weight excluding hydrogens is 226 g/mol. The predicted octanol–water partition coefficient (Wildman–Crippen LogP) is 4.13. The molecule has 0 aliphatic heterocycles. The van der Waals surface area contributed by atoms with E-state index in [1.54, 1.807) is 11.8 Å². The van der Waals surface area contributed by atoms with Crippen molar-refractivity contribution in [2.75, 3.05) is 5.75 Å². The van der Waals surface area contributed by atoms with E-state index in [9.17, 15) is 0 Å². The van der Waals surface area contributed by atoms with Crippen LogP contribution in [0.25, 0.3) is 0 Å². The Balaban J connectivity index is 1.94. The molecule has 1 nitrogen and oxygen atoms in total. The van der Waals surface area contributed by atoms with Crippen LogP contribution in [0.5, 0.6) is 0 Å². The van der Waals surface area contributed by atoms with Crippen LogP contribution in [-0.2, 0) is 0 Å². The third kappa shape index (κ3) is 2.68. The Hall–Kier alpha value is -0.650. The van der Waals surface area contributed by atoms with E-state index in [0.29, 0.717) is 11.8 Å². The molecule has 0 saturated heterocycles. The summed E-state index contributed by atoms with van der Waals surface area (Å²) in [7, 11) is 0. The van der Waals surface area contributed by atoms with E-state index < -0.39 is 0 Å². The molecule has 1 aromatic rings. The molecule has 0 unspecified atom stereocenters. The maximum Gasteiger partial charge on any atom is 0.0627 e. The lowest BCUT2D eigenvalue weighted by Gasteiger charge is -2.10. The number of nitriles is 1. The molecule has 15 heavy (non-hydrogen) atoms. The van der Waals surface area contributed by atoms with Crippen LogP contribution in [0.1, 0.15) is 19.3 Å². The fourth-order valence-electron chi connectivity index (χ4n) is 1.51. The number of halogens is 1. The zero-order chi connectivity index (χ0) is 10.7. The van der Waals surface area contributed by atoms with Crippen LogP contribution in [0.4, 0.5) is 0 Å². The van der Waals surface area contributed by atoms with Gasteiger partial charge in [-0.1, -0.05) is 23.7 Å². The third-order valence-electron chi connectivity index (χ3n) is 2.78. The molecule has 0 spiro atoms. The van der Waals surface area contributed by atoms with Crippen LogP contribution in [0.15, 0.2) is 29.2 Å². The van der Waals surface area contributed by atoms with Crippen LogP contribution in [0, 0.1) is 16.7 Å². The third-order valence-corrected chi connectivity index (χ3v) is 4.65. The van der Waals surface area contributed by atoms with Crippen molar-refractivity contribution in [1.29, 1.82) is 5.26 Å². The summed E-state index contributed by atoms with van der Waals surface area (Å²) in [6.07, 6.45) is 3.07. The van der Waals surface area contributed by atoms with E-state index in [2.05, 4.69) is 6.07 Å². The van der Waals surface area contributed by atoms with Gasteiger partial charge in [-0.15, -0.1) is 11.8 Å². The van der Waals surface area contributed by atoms with Crippen LogP contribution in [0.2, 0.25) is 5.02 Å². The first kappa shape index (κ1) is 10.9. The van der Waals surface area contributed by atoms with Crippen molar-refractivity contribution in [2.24, 2.45) is 5.41 Å². The highest BCUT2D eigenvalue weighted by atomic mass is 35.5. The first-order valence-corrected chi connectivity index (χ1v) is 6.36. The number of benzene rings is 1. The number of hydrogen-bond acceptors (Lipinski definition) is 2. The number of hydrogen-bond donors (Lipinski definition) is 0. The van der Waals surface area contributed by atoms with Gasteiger partial charge < -0.3 is 0 Å². The van der Waals surface area contributed by atoms with Crippen molar-refractivity contribution < 1.29 is 0 Å². The van der Waals surface area contributed by atoms with Gasteiger partial charge in [0, 0.05) is 17.1 Å². The smallest absolute Gasteiger partial charge is 0.0627 e. The highest BCUT2D eigenvalue weighted by molar-refractivity contribution is 7.99. The van der Waals surface area contributed by atoms with Crippen LogP contribution >= 0.6 is 23.4 Å². The highest BCUT2D eigenvalue weighted by Crippen LogP contribution is 2.52. The second-order valence-electron chi connectivity index (χ2n) is 4.05. The molecule has 78 valence electrons. The maximum absolute atomic E-state index is 8.71. The Bertz CT molecular complexity index is 393. The lowest BCUT2D eigenvalue weighted by molar-refractivity contribution is 0.604. The van der Waals surface area contributed by atoms with Crippen molar-refractivity contribution in [2.45, 2.75) is 24.2 Å². The first-order valence-electron chi connectivity index (χ1n) is 5.00. The lowest BCUT2D eigenvalue weighted by Crippen LogP contribution is -2.02. The molecule has 0 bridgehead atoms. The molecule has 3 heteroatoms. The van der Waals surface area contributed by atoms with Crippen molar-refractivity contribution in [1.82, 2.24) is 0 Å². The number of thioether (sulfide) groups is 1. The largest absolute Gasteiger partial charge is 0.198 e. The predicted molar refractivity (Wildman–Crippen MR) is 64.1 cm³/mol. The summed E-state index contributed by atoms with van der Waals surface area (Å²) in [5, 5.41) is 9.52. The zero-order valence-corrected chi connectivity index (χ0v) is 9.94. The van der Waals surface area contributed by atoms with Crippen LogP contribution < -0.4 is 0 Å². The topological polar surface area (TPSA) is 23.8 Å². The van der Waals surface area contributed by atoms with Gasteiger partial charge >= 0.3 is 0 Å². The molecule has 1 aliphatic rings. The maximum atomic E-state index is 8.71. The van der Waals surface area contributed by atoms with Gasteiger partial charge in [0.1, 0.15) is 0 Å². The minimum atomic E-state index is 0.290. The van der Waals surface area contributed by atoms with Gasteiger partial charge in [-0.25, -0.2) is 0 Å². The Morgan fingerprint density at radius 1 is 1.40 bits per heavy atom. The Morgan fingerprint density at radius 2 is 2.13 bits per heavy atom. The molecule has 1 aromatic carbocycles. The Kier molecular flexibility index (Phi) is 3.23. The standard InChI is InChI=1S/C12H12ClNS/c13-10-3-1-2-4-11(10)15-9-12(5-6-12)7-8-14/h1-4H,5-7,9H2. The molecule has 1 aliphatic carbocycles. The van der Waals surface area contributed by atoms with E-state index in [4.69, 9.17) is 16.9 Å². The quantitative estimate of drug-likeness (QED) is 0.736. The summed E-state index contributed by atoms with van der Waals surface area (Å²) in [5.41, 5.74) is 0.290. The monoisotopic (exact) mass is 237 g/mol. The summed E-state index contributed by atoms with van der Waals surface area (Å²) in [6, 6.07) is 10.2. The average Bonchev–Trinajstić information content (AvgIpc) is 2.98. The lowest BCUT2D eigenvalue weighted by atomic mass is 10.1. The van der Waals surface area contributed by atoms with E-state index >= 15 is 0 Å². The number of nitrogens with zero attached hydrogens (tertiary/aromatic N) is 1. The van der Waals surface area contributed by atoms with Gasteiger partial charge in [0.25, 0.3) is 0 Å². The van der Waals surface area contributed by atoms with E-state index in [-0.39, 0.29) is 0 Å². The fraction of sp³-hybridized carbons (Fsp3) is 0.417. The molecule has 0 amide bonds. The Morgan fingerprint density at radius 3 is 2.73 bits per heavy atom. The molecule has 0 aromatic heterocycles. The fourth-order valence-corrected chi connectivity index (χ4v) is 3.04. The SMILES string of the molecule is N#CCC1(CSc2ccccc2Cl)CC1. The van der Waals surface area contributed by atoms with Crippen molar-refractivity contribution >= 4 is 23.4 Å². The van der Waals surface area contributed by atoms with Gasteiger partial charge in [-0.05, 0) is 30.4 Å². The van der Waals surface area contributed by atoms with Crippen LogP contribution in [0.3, 0.4) is 0 Å². The summed E-state index contributed by atoms with van der Waals surface area (Å²) in [6.45, 7) is 0. The number of rotatable bonds is 4. The van der Waals surface area contributed by atoms with Crippen molar-refractivity contribution in [3.05, 3.63) is 29.3 Å². The highest BCUT2D eigenvalue weighted by Gasteiger charge is 2.42. The van der Waals surface area contributed by atoms with Gasteiger partial charge in [-0.2, -0.15) is 5.26 Å². The minimum absolute atomic E-state index is 0.290. The first-order chi connectivity index (χ1) is 7.26. The molecule has 2 rings (SSSR count). The summed E-state index contributed by atoms with van der Waals surface area (Å²) >= 11 is 7.84. The summed E-state index contributed by atoms with van der Waals surface area (Å²) in [5.74, 6) is 1.02. The van der Waals surface area contributed by atoms with Crippen LogP contribution in [-0.4, -0.2) is 5.75 Å². The van der Waals surface area contributed by atoms with E-state index in [0.717, 1.165) is 15.7 Å². The second-order valence-corrected chi connectivity index (χ2v) is 5.48. The van der Waals surface area contributed by atoms with E-state index in [1.807, 2.05) is 24.3 Å². The molecule has 1 saturated carbocycles. The summed E-state index contributed by atoms with van der Waals surface area (Å²) < 4.78 is 0. The average molecular weight is 238 g/mol. The van der Waals surface area contributed by atoms with Gasteiger partial charge in [0.2, 0.25) is 0 Å². The van der Waals surface area contributed by atoms with E-state index in [1.165, 1.54) is 12.8 Å².